The van der Waals surface area contributed by atoms with Gasteiger partial charge in [-0.2, -0.15) is 0 Å². The van der Waals surface area contributed by atoms with Gasteiger partial charge in [0.1, 0.15) is 11.5 Å². The first-order valence-corrected chi connectivity index (χ1v) is 5.88. The van der Waals surface area contributed by atoms with Crippen molar-refractivity contribution >= 4 is 27.5 Å². The summed E-state index contributed by atoms with van der Waals surface area (Å²) in [5, 5.41) is 0. The molecule has 1 aromatic carbocycles. The SMILES string of the molecule is O=C(NNc1cccc(F)c1)c1ccc(Br)cn1. The highest BCUT2D eigenvalue weighted by molar-refractivity contribution is 9.10. The maximum absolute atomic E-state index is 12.9. The lowest BCUT2D eigenvalue weighted by atomic mass is 10.3. The Hall–Kier alpha value is -1.95. The summed E-state index contributed by atoms with van der Waals surface area (Å²) in [7, 11) is 0. The van der Waals surface area contributed by atoms with Crippen molar-refractivity contribution in [1.29, 1.82) is 0 Å². The zero-order chi connectivity index (χ0) is 13.0. The van der Waals surface area contributed by atoms with E-state index in [4.69, 9.17) is 0 Å². The molecule has 92 valence electrons. The maximum Gasteiger partial charge on any atom is 0.288 e. The van der Waals surface area contributed by atoms with E-state index < -0.39 is 5.91 Å². The zero-order valence-electron chi connectivity index (χ0n) is 9.15. The summed E-state index contributed by atoms with van der Waals surface area (Å²) in [6, 6.07) is 9.06. The topological polar surface area (TPSA) is 54.0 Å². The van der Waals surface area contributed by atoms with Crippen molar-refractivity contribution in [1.82, 2.24) is 10.4 Å². The molecular formula is C12H9BrFN3O. The van der Waals surface area contributed by atoms with E-state index >= 15 is 0 Å². The fraction of sp³-hybridized carbons (Fsp3) is 0. The molecule has 0 aliphatic carbocycles. The van der Waals surface area contributed by atoms with Crippen LogP contribution in [0.15, 0.2) is 47.1 Å². The van der Waals surface area contributed by atoms with Crippen LogP contribution in [0.25, 0.3) is 0 Å². The number of hydrazine groups is 1. The molecule has 1 amide bonds. The molecule has 1 aromatic heterocycles. The number of pyridine rings is 1. The van der Waals surface area contributed by atoms with Crippen molar-refractivity contribution in [2.75, 3.05) is 5.43 Å². The number of carbonyl (C=O) groups is 1. The van der Waals surface area contributed by atoms with Crippen LogP contribution in [0.5, 0.6) is 0 Å². The minimum Gasteiger partial charge on any atom is -0.298 e. The summed E-state index contributed by atoms with van der Waals surface area (Å²) in [6.07, 6.45) is 1.52. The molecule has 2 rings (SSSR count). The molecule has 0 radical (unpaired) electrons. The van der Waals surface area contributed by atoms with E-state index in [9.17, 15) is 9.18 Å². The second-order valence-electron chi connectivity index (χ2n) is 3.45. The lowest BCUT2D eigenvalue weighted by Crippen LogP contribution is -2.30. The van der Waals surface area contributed by atoms with Crippen LogP contribution in [0.1, 0.15) is 10.5 Å². The summed E-state index contributed by atoms with van der Waals surface area (Å²) in [5.41, 5.74) is 5.76. The second kappa shape index (κ2) is 5.59. The Labute approximate surface area is 111 Å². The first-order valence-electron chi connectivity index (χ1n) is 5.08. The van der Waals surface area contributed by atoms with Gasteiger partial charge in [0, 0.05) is 10.7 Å². The molecule has 1 heterocycles. The van der Waals surface area contributed by atoms with E-state index in [1.54, 1.807) is 24.3 Å². The molecule has 0 aliphatic heterocycles. The number of rotatable bonds is 3. The summed E-state index contributed by atoms with van der Waals surface area (Å²) in [4.78, 5) is 15.6. The Kier molecular flexibility index (Phi) is 3.88. The van der Waals surface area contributed by atoms with Gasteiger partial charge < -0.3 is 0 Å². The third kappa shape index (κ3) is 3.27. The second-order valence-corrected chi connectivity index (χ2v) is 4.37. The molecular weight excluding hydrogens is 301 g/mol. The highest BCUT2D eigenvalue weighted by Gasteiger charge is 2.06. The number of halogens is 2. The Morgan fingerprint density at radius 3 is 2.78 bits per heavy atom. The zero-order valence-corrected chi connectivity index (χ0v) is 10.7. The minimum atomic E-state index is -0.397. The summed E-state index contributed by atoms with van der Waals surface area (Å²) >= 11 is 3.23. The molecule has 0 spiro atoms. The van der Waals surface area contributed by atoms with Crippen LogP contribution in [-0.4, -0.2) is 10.9 Å². The minimum absolute atomic E-state index is 0.266. The molecule has 2 aromatic rings. The Bertz CT molecular complexity index is 560. The Balaban J connectivity index is 1.98. The van der Waals surface area contributed by atoms with Gasteiger partial charge in [0.15, 0.2) is 0 Å². The Morgan fingerprint density at radius 2 is 2.11 bits per heavy atom. The van der Waals surface area contributed by atoms with Gasteiger partial charge in [0.2, 0.25) is 0 Å². The van der Waals surface area contributed by atoms with Crippen LogP contribution in [0.2, 0.25) is 0 Å². The van der Waals surface area contributed by atoms with Gasteiger partial charge in [0.05, 0.1) is 5.69 Å². The lowest BCUT2D eigenvalue weighted by Gasteiger charge is -2.07. The monoisotopic (exact) mass is 309 g/mol. The predicted octanol–water partition coefficient (Wildman–Crippen LogP) is 2.74. The van der Waals surface area contributed by atoms with Gasteiger partial charge >= 0.3 is 0 Å². The van der Waals surface area contributed by atoms with Crippen LogP contribution >= 0.6 is 15.9 Å². The van der Waals surface area contributed by atoms with Crippen LogP contribution < -0.4 is 10.9 Å². The van der Waals surface area contributed by atoms with Crippen molar-refractivity contribution in [2.24, 2.45) is 0 Å². The molecule has 0 aliphatic rings. The number of hydrogen-bond acceptors (Lipinski definition) is 3. The Morgan fingerprint density at radius 1 is 1.28 bits per heavy atom. The molecule has 0 bridgehead atoms. The molecule has 2 N–H and O–H groups in total. The van der Waals surface area contributed by atoms with Crippen LogP contribution in [-0.2, 0) is 0 Å². The van der Waals surface area contributed by atoms with Crippen LogP contribution in [0.4, 0.5) is 10.1 Å². The molecule has 0 atom stereocenters. The quantitative estimate of drug-likeness (QED) is 0.857. The van der Waals surface area contributed by atoms with Gasteiger partial charge in [0.25, 0.3) is 5.91 Å². The van der Waals surface area contributed by atoms with E-state index in [2.05, 4.69) is 31.8 Å². The van der Waals surface area contributed by atoms with Crippen LogP contribution in [0, 0.1) is 5.82 Å². The summed E-state index contributed by atoms with van der Waals surface area (Å²) < 4.78 is 13.7. The fourth-order valence-electron chi connectivity index (χ4n) is 1.27. The number of hydrogen-bond donors (Lipinski definition) is 2. The standard InChI is InChI=1S/C12H9BrFN3O/c13-8-4-5-11(15-7-8)12(18)17-16-10-3-1-2-9(14)6-10/h1-7,16H,(H,17,18). The number of aromatic nitrogens is 1. The number of amides is 1. The number of benzene rings is 1. The van der Waals surface area contributed by atoms with Gasteiger partial charge in [-0.05, 0) is 46.3 Å². The van der Waals surface area contributed by atoms with Crippen molar-refractivity contribution in [3.63, 3.8) is 0 Å². The van der Waals surface area contributed by atoms with Gasteiger partial charge in [-0.15, -0.1) is 0 Å². The van der Waals surface area contributed by atoms with Gasteiger partial charge in [-0.1, -0.05) is 6.07 Å². The van der Waals surface area contributed by atoms with E-state index in [0.29, 0.717) is 5.69 Å². The number of carbonyl (C=O) groups excluding carboxylic acids is 1. The number of anilines is 1. The molecule has 18 heavy (non-hydrogen) atoms. The predicted molar refractivity (Wildman–Crippen MR) is 69.4 cm³/mol. The number of nitrogens with zero attached hydrogens (tertiary/aromatic N) is 1. The average molecular weight is 310 g/mol. The molecule has 0 saturated heterocycles. The smallest absolute Gasteiger partial charge is 0.288 e. The molecule has 0 saturated carbocycles. The highest BCUT2D eigenvalue weighted by atomic mass is 79.9. The lowest BCUT2D eigenvalue weighted by molar-refractivity contribution is 0.0957. The first-order chi connectivity index (χ1) is 8.65. The van der Waals surface area contributed by atoms with E-state index in [1.807, 2.05) is 0 Å². The van der Waals surface area contributed by atoms with Crippen molar-refractivity contribution < 1.29 is 9.18 Å². The molecule has 0 fully saturated rings. The average Bonchev–Trinajstić information content (AvgIpc) is 2.37. The number of nitrogens with one attached hydrogen (secondary N) is 2. The van der Waals surface area contributed by atoms with Crippen molar-refractivity contribution in [3.05, 3.63) is 58.6 Å². The first kappa shape index (κ1) is 12.5. The summed E-state index contributed by atoms with van der Waals surface area (Å²) in [5.74, 6) is -0.775. The molecule has 0 unspecified atom stereocenters. The highest BCUT2D eigenvalue weighted by Crippen LogP contribution is 2.09. The normalized spacial score (nSPS) is 9.89. The largest absolute Gasteiger partial charge is 0.298 e. The van der Waals surface area contributed by atoms with Gasteiger partial charge in [-0.25, -0.2) is 9.37 Å². The maximum atomic E-state index is 12.9. The van der Waals surface area contributed by atoms with E-state index in [-0.39, 0.29) is 11.5 Å². The van der Waals surface area contributed by atoms with Crippen molar-refractivity contribution in [2.45, 2.75) is 0 Å². The molecule has 6 heteroatoms. The fourth-order valence-corrected chi connectivity index (χ4v) is 1.50. The third-order valence-electron chi connectivity index (χ3n) is 2.11. The van der Waals surface area contributed by atoms with Crippen LogP contribution in [0.3, 0.4) is 0 Å². The van der Waals surface area contributed by atoms with E-state index in [0.717, 1.165) is 4.47 Å². The van der Waals surface area contributed by atoms with Gasteiger partial charge in [-0.3, -0.25) is 15.6 Å². The molecule has 4 nitrogen and oxygen atoms in total. The van der Waals surface area contributed by atoms with Crippen molar-refractivity contribution in [3.8, 4) is 0 Å². The third-order valence-corrected chi connectivity index (χ3v) is 2.57. The summed E-state index contributed by atoms with van der Waals surface area (Å²) in [6.45, 7) is 0. The van der Waals surface area contributed by atoms with E-state index in [1.165, 1.54) is 18.3 Å².